The van der Waals surface area contributed by atoms with E-state index in [1.54, 1.807) is 6.92 Å². The molecule has 1 amide bonds. The molecule has 0 bridgehead atoms. The van der Waals surface area contributed by atoms with E-state index in [-0.39, 0.29) is 11.8 Å². The van der Waals surface area contributed by atoms with E-state index in [1.807, 2.05) is 0 Å². The van der Waals surface area contributed by atoms with Crippen molar-refractivity contribution in [3.8, 4) is 0 Å². The van der Waals surface area contributed by atoms with Crippen molar-refractivity contribution in [3.05, 3.63) is 29.8 Å². The highest BCUT2D eigenvalue weighted by Crippen LogP contribution is 2.30. The maximum Gasteiger partial charge on any atom is 0.416 e. The van der Waals surface area contributed by atoms with Crippen molar-refractivity contribution >= 4 is 23.2 Å². The van der Waals surface area contributed by atoms with Crippen LogP contribution in [-0.2, 0) is 11.0 Å². The summed E-state index contributed by atoms with van der Waals surface area (Å²) in [6, 6.07) is 4.41. The Hall–Kier alpha value is -1.23. The lowest BCUT2D eigenvalue weighted by molar-refractivity contribution is -0.137. The average molecular weight is 266 g/mol. The van der Waals surface area contributed by atoms with E-state index in [0.29, 0.717) is 12.2 Å². The molecule has 0 aliphatic rings. The van der Waals surface area contributed by atoms with Crippen LogP contribution in [-0.4, -0.2) is 18.3 Å². The van der Waals surface area contributed by atoms with Crippen LogP contribution in [0.25, 0.3) is 0 Å². The van der Waals surface area contributed by atoms with Crippen LogP contribution in [0.3, 0.4) is 0 Å². The number of anilines is 1. The van der Waals surface area contributed by atoms with E-state index in [2.05, 4.69) is 0 Å². The third-order valence-electron chi connectivity index (χ3n) is 2.24. The third-order valence-corrected chi connectivity index (χ3v) is 2.47. The van der Waals surface area contributed by atoms with Gasteiger partial charge in [0.05, 0.1) is 5.56 Å². The van der Waals surface area contributed by atoms with E-state index in [0.717, 1.165) is 12.1 Å². The number of rotatable bonds is 3. The van der Waals surface area contributed by atoms with Crippen molar-refractivity contribution in [2.75, 3.05) is 17.3 Å². The molecule has 0 radical (unpaired) electrons. The molecule has 0 aromatic heterocycles. The molecular weight excluding hydrogens is 255 g/mol. The fourth-order valence-electron chi connectivity index (χ4n) is 1.41. The number of alkyl halides is 4. The number of halogens is 4. The molecule has 0 aliphatic carbocycles. The molecule has 1 aromatic carbocycles. The van der Waals surface area contributed by atoms with Gasteiger partial charge in [0.25, 0.3) is 0 Å². The number of carbonyl (C=O) groups excluding carboxylic acids is 1. The maximum absolute atomic E-state index is 12.3. The van der Waals surface area contributed by atoms with Gasteiger partial charge in [0, 0.05) is 12.2 Å². The second-order valence-electron chi connectivity index (χ2n) is 3.32. The Morgan fingerprint density at radius 3 is 2.18 bits per heavy atom. The highest BCUT2D eigenvalue weighted by molar-refractivity contribution is 6.29. The van der Waals surface area contributed by atoms with E-state index < -0.39 is 11.7 Å². The minimum Gasteiger partial charge on any atom is -0.312 e. The van der Waals surface area contributed by atoms with Crippen LogP contribution < -0.4 is 4.90 Å². The van der Waals surface area contributed by atoms with E-state index >= 15 is 0 Å². The monoisotopic (exact) mass is 265 g/mol. The summed E-state index contributed by atoms with van der Waals surface area (Å²) >= 11 is 5.41. The molecule has 17 heavy (non-hydrogen) atoms. The smallest absolute Gasteiger partial charge is 0.312 e. The SMILES string of the molecule is CCN(C(=O)CCl)c1ccc(C(F)(F)F)cc1. The van der Waals surface area contributed by atoms with Crippen LogP contribution in [0.2, 0.25) is 0 Å². The summed E-state index contributed by atoms with van der Waals surface area (Å²) in [6.07, 6.45) is -4.37. The Morgan fingerprint density at radius 2 is 1.82 bits per heavy atom. The topological polar surface area (TPSA) is 20.3 Å². The molecule has 0 saturated carbocycles. The highest BCUT2D eigenvalue weighted by atomic mass is 35.5. The summed E-state index contributed by atoms with van der Waals surface area (Å²) in [5, 5.41) is 0. The Kier molecular flexibility index (Phi) is 4.40. The molecule has 0 aliphatic heterocycles. The van der Waals surface area contributed by atoms with Crippen LogP contribution in [0.15, 0.2) is 24.3 Å². The molecule has 0 N–H and O–H groups in total. The van der Waals surface area contributed by atoms with Gasteiger partial charge in [-0.3, -0.25) is 4.79 Å². The number of carbonyl (C=O) groups is 1. The molecule has 6 heteroatoms. The second kappa shape index (κ2) is 5.40. The Bertz CT molecular complexity index is 389. The van der Waals surface area contributed by atoms with Crippen molar-refractivity contribution in [2.45, 2.75) is 13.1 Å². The van der Waals surface area contributed by atoms with E-state index in [4.69, 9.17) is 11.6 Å². The van der Waals surface area contributed by atoms with Crippen LogP contribution in [0.5, 0.6) is 0 Å². The fraction of sp³-hybridized carbons (Fsp3) is 0.364. The molecule has 0 fully saturated rings. The van der Waals surface area contributed by atoms with Gasteiger partial charge in [-0.1, -0.05) is 0 Å². The lowest BCUT2D eigenvalue weighted by Crippen LogP contribution is -2.31. The highest BCUT2D eigenvalue weighted by Gasteiger charge is 2.30. The molecule has 1 aromatic rings. The molecule has 0 atom stereocenters. The zero-order valence-corrected chi connectivity index (χ0v) is 9.85. The van der Waals surface area contributed by atoms with Gasteiger partial charge in [-0.2, -0.15) is 13.2 Å². The van der Waals surface area contributed by atoms with Gasteiger partial charge in [-0.25, -0.2) is 0 Å². The molecule has 2 nitrogen and oxygen atoms in total. The molecule has 0 spiro atoms. The molecular formula is C11H11ClF3NO. The van der Waals surface area contributed by atoms with Crippen LogP contribution in [0, 0.1) is 0 Å². The Morgan fingerprint density at radius 1 is 1.29 bits per heavy atom. The van der Waals surface area contributed by atoms with Crippen molar-refractivity contribution in [2.24, 2.45) is 0 Å². The van der Waals surface area contributed by atoms with Gasteiger partial charge in [-0.15, -0.1) is 11.6 Å². The first-order chi connectivity index (χ1) is 7.90. The Labute approximate surface area is 102 Å². The van der Waals surface area contributed by atoms with E-state index in [9.17, 15) is 18.0 Å². The minimum absolute atomic E-state index is 0.200. The zero-order valence-electron chi connectivity index (χ0n) is 9.09. The minimum atomic E-state index is -4.37. The largest absolute Gasteiger partial charge is 0.416 e. The fourth-order valence-corrected chi connectivity index (χ4v) is 1.55. The van der Waals surface area contributed by atoms with Crippen molar-refractivity contribution in [3.63, 3.8) is 0 Å². The lowest BCUT2D eigenvalue weighted by Gasteiger charge is -2.20. The quantitative estimate of drug-likeness (QED) is 0.768. The maximum atomic E-state index is 12.3. The predicted octanol–water partition coefficient (Wildman–Crippen LogP) is 3.30. The summed E-state index contributed by atoms with van der Waals surface area (Å²) in [5.74, 6) is -0.538. The lowest BCUT2D eigenvalue weighted by atomic mass is 10.2. The zero-order chi connectivity index (χ0) is 13.1. The van der Waals surface area contributed by atoms with E-state index in [1.165, 1.54) is 17.0 Å². The van der Waals surface area contributed by atoms with Gasteiger partial charge in [0.2, 0.25) is 5.91 Å². The number of benzene rings is 1. The second-order valence-corrected chi connectivity index (χ2v) is 3.58. The summed E-state index contributed by atoms with van der Waals surface area (Å²) in [4.78, 5) is 12.7. The van der Waals surface area contributed by atoms with Crippen LogP contribution in [0.1, 0.15) is 12.5 Å². The molecule has 1 rings (SSSR count). The summed E-state index contributed by atoms with van der Waals surface area (Å²) in [5.41, 5.74) is -0.332. The number of nitrogens with zero attached hydrogens (tertiary/aromatic N) is 1. The normalized spacial score (nSPS) is 11.4. The number of amides is 1. The van der Waals surface area contributed by atoms with Gasteiger partial charge in [-0.05, 0) is 31.2 Å². The summed E-state index contributed by atoms with van der Waals surface area (Å²) < 4.78 is 37.0. The first kappa shape index (κ1) is 13.8. The third kappa shape index (κ3) is 3.36. The standard InChI is InChI=1S/C11H11ClF3NO/c1-2-16(10(17)7-12)9-5-3-8(4-6-9)11(13,14)15/h3-6H,2,7H2,1H3. The van der Waals surface area contributed by atoms with Gasteiger partial charge in [0.15, 0.2) is 0 Å². The molecule has 0 saturated heterocycles. The summed E-state index contributed by atoms with van der Waals surface area (Å²) in [7, 11) is 0. The first-order valence-electron chi connectivity index (χ1n) is 4.93. The first-order valence-corrected chi connectivity index (χ1v) is 5.47. The predicted molar refractivity (Wildman–Crippen MR) is 60.2 cm³/mol. The van der Waals surface area contributed by atoms with Gasteiger partial charge >= 0.3 is 6.18 Å². The molecule has 94 valence electrons. The van der Waals surface area contributed by atoms with Crippen molar-refractivity contribution < 1.29 is 18.0 Å². The van der Waals surface area contributed by atoms with Crippen molar-refractivity contribution in [1.29, 1.82) is 0 Å². The number of hydrogen-bond donors (Lipinski definition) is 0. The number of hydrogen-bond acceptors (Lipinski definition) is 1. The molecule has 0 unspecified atom stereocenters. The van der Waals surface area contributed by atoms with Crippen molar-refractivity contribution in [1.82, 2.24) is 0 Å². The Balaban J connectivity index is 2.97. The van der Waals surface area contributed by atoms with Gasteiger partial charge in [0.1, 0.15) is 5.88 Å². The molecule has 0 heterocycles. The average Bonchev–Trinajstić information content (AvgIpc) is 2.29. The summed E-state index contributed by atoms with van der Waals surface area (Å²) in [6.45, 7) is 2.08. The van der Waals surface area contributed by atoms with Crippen LogP contribution in [0.4, 0.5) is 18.9 Å². The van der Waals surface area contributed by atoms with Gasteiger partial charge < -0.3 is 4.90 Å². The van der Waals surface area contributed by atoms with Crippen LogP contribution >= 0.6 is 11.6 Å².